The lowest BCUT2D eigenvalue weighted by atomic mass is 10.1. The number of nitrogens with one attached hydrogen (secondary N) is 1. The lowest BCUT2D eigenvalue weighted by Gasteiger charge is -2.24. The van der Waals surface area contributed by atoms with Gasteiger partial charge in [-0.1, -0.05) is 0 Å². The SMILES string of the molecule is CC(N)C(C)NC(C)C(C)O. The molecule has 0 aromatic carbocycles. The third kappa shape index (κ3) is 4.35. The summed E-state index contributed by atoms with van der Waals surface area (Å²) in [5.74, 6) is 0. The van der Waals surface area contributed by atoms with Crippen molar-refractivity contribution in [3.63, 3.8) is 0 Å². The number of hydrogen-bond donors (Lipinski definition) is 3. The molecule has 4 atom stereocenters. The van der Waals surface area contributed by atoms with Crippen LogP contribution < -0.4 is 11.1 Å². The van der Waals surface area contributed by atoms with E-state index in [-0.39, 0.29) is 24.2 Å². The van der Waals surface area contributed by atoms with Crippen LogP contribution in [-0.2, 0) is 0 Å². The van der Waals surface area contributed by atoms with Gasteiger partial charge < -0.3 is 16.2 Å². The number of nitrogens with two attached hydrogens (primary N) is 1. The molecule has 0 rings (SSSR count). The third-order valence-corrected chi connectivity index (χ3v) is 2.04. The van der Waals surface area contributed by atoms with Crippen molar-refractivity contribution in [2.45, 2.75) is 51.9 Å². The van der Waals surface area contributed by atoms with Gasteiger partial charge in [-0.3, -0.25) is 0 Å². The molecule has 11 heavy (non-hydrogen) atoms. The van der Waals surface area contributed by atoms with Crippen molar-refractivity contribution < 1.29 is 5.11 Å². The van der Waals surface area contributed by atoms with E-state index in [4.69, 9.17) is 10.8 Å². The van der Waals surface area contributed by atoms with E-state index in [1.54, 1.807) is 6.92 Å². The third-order valence-electron chi connectivity index (χ3n) is 2.04. The van der Waals surface area contributed by atoms with Gasteiger partial charge in [0.2, 0.25) is 0 Å². The standard InChI is InChI=1S/C8H20N2O/c1-5(9)6(2)10-7(3)8(4)11/h5-8,10-11H,9H2,1-4H3. The molecule has 0 spiro atoms. The number of rotatable bonds is 4. The largest absolute Gasteiger partial charge is 0.392 e. The minimum atomic E-state index is -0.323. The van der Waals surface area contributed by atoms with Crippen LogP contribution in [-0.4, -0.2) is 29.3 Å². The second-order valence-electron chi connectivity index (χ2n) is 3.34. The van der Waals surface area contributed by atoms with Crippen molar-refractivity contribution in [2.75, 3.05) is 0 Å². The van der Waals surface area contributed by atoms with Gasteiger partial charge in [-0.15, -0.1) is 0 Å². The lowest BCUT2D eigenvalue weighted by molar-refractivity contribution is 0.145. The molecule has 0 amide bonds. The molecule has 0 radical (unpaired) electrons. The van der Waals surface area contributed by atoms with Gasteiger partial charge in [0.1, 0.15) is 0 Å². The fourth-order valence-corrected chi connectivity index (χ4v) is 0.706. The van der Waals surface area contributed by atoms with Crippen molar-refractivity contribution in [3.8, 4) is 0 Å². The summed E-state index contributed by atoms with van der Waals surface area (Å²) in [7, 11) is 0. The molecule has 4 unspecified atom stereocenters. The normalized spacial score (nSPS) is 22.4. The van der Waals surface area contributed by atoms with Crippen LogP contribution in [0.25, 0.3) is 0 Å². The quantitative estimate of drug-likeness (QED) is 0.546. The van der Waals surface area contributed by atoms with Crippen LogP contribution in [0.4, 0.5) is 0 Å². The fourth-order valence-electron chi connectivity index (χ4n) is 0.706. The van der Waals surface area contributed by atoms with Crippen LogP contribution in [0.3, 0.4) is 0 Å². The summed E-state index contributed by atoms with van der Waals surface area (Å²) in [5, 5.41) is 12.4. The molecule has 0 fully saturated rings. The molecule has 0 aliphatic rings. The molecule has 0 saturated heterocycles. The second kappa shape index (κ2) is 4.70. The van der Waals surface area contributed by atoms with Crippen LogP contribution in [0.15, 0.2) is 0 Å². The van der Waals surface area contributed by atoms with Crippen molar-refractivity contribution >= 4 is 0 Å². The van der Waals surface area contributed by atoms with Gasteiger partial charge >= 0.3 is 0 Å². The van der Waals surface area contributed by atoms with E-state index in [0.717, 1.165) is 0 Å². The van der Waals surface area contributed by atoms with Crippen molar-refractivity contribution in [2.24, 2.45) is 5.73 Å². The predicted octanol–water partition coefficient (Wildman–Crippen LogP) is 0.0810. The van der Waals surface area contributed by atoms with Gasteiger partial charge in [-0.2, -0.15) is 0 Å². The highest BCUT2D eigenvalue weighted by Gasteiger charge is 2.13. The predicted molar refractivity (Wildman–Crippen MR) is 47.4 cm³/mol. The zero-order chi connectivity index (χ0) is 9.02. The van der Waals surface area contributed by atoms with E-state index < -0.39 is 0 Å². The fraction of sp³-hybridized carbons (Fsp3) is 1.00. The molecule has 0 bridgehead atoms. The molecule has 68 valence electrons. The summed E-state index contributed by atoms with van der Waals surface area (Å²) in [6.45, 7) is 7.69. The lowest BCUT2D eigenvalue weighted by Crippen LogP contribution is -2.48. The van der Waals surface area contributed by atoms with Crippen LogP contribution in [0.5, 0.6) is 0 Å². The highest BCUT2D eigenvalue weighted by Crippen LogP contribution is 1.95. The van der Waals surface area contributed by atoms with E-state index in [9.17, 15) is 0 Å². The summed E-state index contributed by atoms with van der Waals surface area (Å²) in [4.78, 5) is 0. The van der Waals surface area contributed by atoms with Crippen LogP contribution in [0, 0.1) is 0 Å². The smallest absolute Gasteiger partial charge is 0.0662 e. The molecule has 0 aliphatic carbocycles. The average Bonchev–Trinajstić information content (AvgIpc) is 1.87. The molecule has 0 aromatic rings. The monoisotopic (exact) mass is 160 g/mol. The molecule has 0 aliphatic heterocycles. The maximum atomic E-state index is 9.15. The topological polar surface area (TPSA) is 58.3 Å². The Morgan fingerprint density at radius 1 is 1.09 bits per heavy atom. The highest BCUT2D eigenvalue weighted by molar-refractivity contribution is 4.76. The Morgan fingerprint density at radius 2 is 1.55 bits per heavy atom. The van der Waals surface area contributed by atoms with Crippen molar-refractivity contribution in [3.05, 3.63) is 0 Å². The maximum Gasteiger partial charge on any atom is 0.0662 e. The van der Waals surface area contributed by atoms with Gasteiger partial charge in [-0.05, 0) is 27.7 Å². The molecule has 0 heterocycles. The Labute approximate surface area is 69.0 Å². The van der Waals surface area contributed by atoms with E-state index in [2.05, 4.69) is 5.32 Å². The second-order valence-corrected chi connectivity index (χ2v) is 3.34. The molecule has 4 N–H and O–H groups in total. The Bertz CT molecular complexity index is 92.3. The molecule has 0 aromatic heterocycles. The van der Waals surface area contributed by atoms with Crippen molar-refractivity contribution in [1.29, 1.82) is 0 Å². The first-order chi connectivity index (χ1) is 4.95. The Hall–Kier alpha value is -0.120. The van der Waals surface area contributed by atoms with E-state index >= 15 is 0 Å². The molecule has 3 heteroatoms. The van der Waals surface area contributed by atoms with Gasteiger partial charge in [-0.25, -0.2) is 0 Å². The number of aliphatic hydroxyl groups is 1. The van der Waals surface area contributed by atoms with Crippen LogP contribution in [0.1, 0.15) is 27.7 Å². The van der Waals surface area contributed by atoms with Gasteiger partial charge in [0.25, 0.3) is 0 Å². The first-order valence-corrected chi connectivity index (χ1v) is 4.14. The molecular formula is C8H20N2O. The summed E-state index contributed by atoms with van der Waals surface area (Å²) in [5.41, 5.74) is 5.64. The number of hydrogen-bond acceptors (Lipinski definition) is 3. The summed E-state index contributed by atoms with van der Waals surface area (Å²) in [6, 6.07) is 0.479. The zero-order valence-corrected chi connectivity index (χ0v) is 7.83. The van der Waals surface area contributed by atoms with Gasteiger partial charge in [0, 0.05) is 18.1 Å². The minimum Gasteiger partial charge on any atom is -0.392 e. The Balaban J connectivity index is 3.66. The van der Waals surface area contributed by atoms with E-state index in [1.165, 1.54) is 0 Å². The summed E-state index contributed by atoms with van der Waals surface area (Å²) in [6.07, 6.45) is -0.323. The first-order valence-electron chi connectivity index (χ1n) is 4.14. The molecular weight excluding hydrogens is 140 g/mol. The molecule has 0 saturated carbocycles. The van der Waals surface area contributed by atoms with E-state index in [0.29, 0.717) is 0 Å². The van der Waals surface area contributed by atoms with Gasteiger partial charge in [0.05, 0.1) is 6.10 Å². The van der Waals surface area contributed by atoms with Crippen LogP contribution >= 0.6 is 0 Å². The summed E-state index contributed by atoms with van der Waals surface area (Å²) < 4.78 is 0. The zero-order valence-electron chi connectivity index (χ0n) is 7.83. The molecule has 3 nitrogen and oxygen atoms in total. The van der Waals surface area contributed by atoms with Crippen LogP contribution in [0.2, 0.25) is 0 Å². The van der Waals surface area contributed by atoms with Crippen molar-refractivity contribution in [1.82, 2.24) is 5.32 Å². The van der Waals surface area contributed by atoms with Gasteiger partial charge in [0.15, 0.2) is 0 Å². The maximum absolute atomic E-state index is 9.15. The minimum absolute atomic E-state index is 0.107. The number of aliphatic hydroxyl groups excluding tert-OH is 1. The van der Waals surface area contributed by atoms with E-state index in [1.807, 2.05) is 20.8 Å². The first kappa shape index (κ1) is 10.9. The Morgan fingerprint density at radius 3 is 1.82 bits per heavy atom. The summed E-state index contributed by atoms with van der Waals surface area (Å²) >= 11 is 0. The highest BCUT2D eigenvalue weighted by atomic mass is 16.3. The average molecular weight is 160 g/mol. The Kier molecular flexibility index (Phi) is 4.65.